The summed E-state index contributed by atoms with van der Waals surface area (Å²) in [6.45, 7) is 3.01. The third-order valence-electron chi connectivity index (χ3n) is 5.96. The van der Waals surface area contributed by atoms with Crippen molar-refractivity contribution >= 4 is 22.7 Å². The predicted octanol–water partition coefficient (Wildman–Crippen LogP) is 3.04. The summed E-state index contributed by atoms with van der Waals surface area (Å²) in [5.74, 6) is -0.681. The van der Waals surface area contributed by atoms with Gasteiger partial charge >= 0.3 is 5.97 Å². The molecule has 174 valence electrons. The van der Waals surface area contributed by atoms with Gasteiger partial charge < -0.3 is 14.7 Å². The fraction of sp³-hybridized carbons (Fsp3) is 0.250. The molecule has 2 N–H and O–H groups in total. The Morgan fingerprint density at radius 1 is 1.15 bits per heavy atom. The maximum atomic E-state index is 14.6. The average Bonchev–Trinajstić information content (AvgIpc) is 3.27. The summed E-state index contributed by atoms with van der Waals surface area (Å²) in [5.41, 5.74) is 4.01. The van der Waals surface area contributed by atoms with Crippen LogP contribution in [-0.2, 0) is 4.79 Å². The largest absolute Gasteiger partial charge is 0.496 e. The van der Waals surface area contributed by atoms with Crippen molar-refractivity contribution in [2.24, 2.45) is 0 Å². The number of fused-ring (bicyclic) bond motifs is 1. The molecule has 0 spiro atoms. The first-order valence-corrected chi connectivity index (χ1v) is 10.9. The minimum absolute atomic E-state index is 0.0710. The molecular weight excluding hydrogens is 439 g/mol. The summed E-state index contributed by atoms with van der Waals surface area (Å²) in [6, 6.07) is 12.6. The number of ether oxygens (including phenoxy) is 1. The zero-order chi connectivity index (χ0) is 23.7. The molecule has 0 aliphatic carbocycles. The average molecular weight is 462 g/mol. The van der Waals surface area contributed by atoms with Crippen LogP contribution in [0.2, 0.25) is 0 Å². The molecule has 9 nitrogen and oxygen atoms in total. The van der Waals surface area contributed by atoms with Crippen molar-refractivity contribution in [2.45, 2.75) is 0 Å². The number of nitrogens with zero attached hydrogens (tertiary/aromatic N) is 5. The van der Waals surface area contributed by atoms with Gasteiger partial charge in [0.15, 0.2) is 5.82 Å². The number of anilines is 1. The molecule has 0 amide bonds. The molecule has 0 atom stereocenters. The van der Waals surface area contributed by atoms with E-state index in [4.69, 9.17) is 9.84 Å². The number of carbonyl (C=O) groups is 1. The Balaban J connectivity index is 1.41. The molecule has 0 saturated carbocycles. The number of hydrogen-bond acceptors (Lipinski definition) is 7. The van der Waals surface area contributed by atoms with E-state index in [0.29, 0.717) is 35.6 Å². The maximum Gasteiger partial charge on any atom is 0.317 e. The van der Waals surface area contributed by atoms with Gasteiger partial charge in [-0.3, -0.25) is 14.8 Å². The molecule has 2 aromatic heterocycles. The van der Waals surface area contributed by atoms with Crippen LogP contribution in [0, 0.1) is 5.82 Å². The standard InChI is InChI=1S/C24H23FN6O3/c1-34-19-4-2-3-17(25)21(19)24-26-13-18-23(27-24)22(29-28-18)15-5-7-16(8-6-15)31-11-9-30(10-12-31)14-20(32)33/h2-8,13H,9-12,14H2,1H3,(H,28,29)(H,32,33). The van der Waals surface area contributed by atoms with E-state index in [1.165, 1.54) is 13.2 Å². The highest BCUT2D eigenvalue weighted by Crippen LogP contribution is 2.33. The SMILES string of the molecule is COc1cccc(F)c1-c1ncc2[nH]nc(-c3ccc(N4CCN(CC(=O)O)CC4)cc3)c2n1. The molecule has 1 aliphatic rings. The normalized spacial score (nSPS) is 14.5. The van der Waals surface area contributed by atoms with E-state index in [9.17, 15) is 9.18 Å². The second-order valence-corrected chi connectivity index (χ2v) is 8.05. The molecule has 0 radical (unpaired) electrons. The monoisotopic (exact) mass is 462 g/mol. The van der Waals surface area contributed by atoms with Gasteiger partial charge in [-0.05, 0) is 24.3 Å². The first kappa shape index (κ1) is 21.8. The number of carboxylic acids is 1. The van der Waals surface area contributed by atoms with Crippen LogP contribution in [0.4, 0.5) is 10.1 Å². The van der Waals surface area contributed by atoms with Crippen molar-refractivity contribution in [1.29, 1.82) is 0 Å². The van der Waals surface area contributed by atoms with Crippen LogP contribution in [-0.4, -0.2) is 76.0 Å². The molecule has 0 unspecified atom stereocenters. The number of nitrogens with one attached hydrogen (secondary N) is 1. The minimum Gasteiger partial charge on any atom is -0.496 e. The van der Waals surface area contributed by atoms with Gasteiger partial charge in [-0.2, -0.15) is 5.10 Å². The van der Waals surface area contributed by atoms with Gasteiger partial charge in [0, 0.05) is 37.4 Å². The van der Waals surface area contributed by atoms with E-state index in [2.05, 4.69) is 25.1 Å². The number of aliphatic carboxylic acids is 1. The Bertz CT molecular complexity index is 1330. The molecule has 3 heterocycles. The lowest BCUT2D eigenvalue weighted by molar-refractivity contribution is -0.138. The van der Waals surface area contributed by atoms with Gasteiger partial charge in [-0.15, -0.1) is 0 Å². The molecular formula is C24H23FN6O3. The van der Waals surface area contributed by atoms with Crippen LogP contribution < -0.4 is 9.64 Å². The van der Waals surface area contributed by atoms with Gasteiger partial charge in [0.2, 0.25) is 0 Å². The number of hydrogen-bond donors (Lipinski definition) is 2. The predicted molar refractivity (Wildman–Crippen MR) is 125 cm³/mol. The van der Waals surface area contributed by atoms with Crippen LogP contribution in [0.3, 0.4) is 0 Å². The van der Waals surface area contributed by atoms with E-state index in [-0.39, 0.29) is 17.9 Å². The number of H-pyrrole nitrogens is 1. The highest BCUT2D eigenvalue weighted by Gasteiger charge is 2.20. The molecule has 5 rings (SSSR count). The van der Waals surface area contributed by atoms with Crippen LogP contribution >= 0.6 is 0 Å². The Morgan fingerprint density at radius 3 is 2.62 bits per heavy atom. The Kier molecular flexibility index (Phi) is 5.81. The van der Waals surface area contributed by atoms with Gasteiger partial charge in [0.25, 0.3) is 0 Å². The van der Waals surface area contributed by atoms with Crippen molar-refractivity contribution in [2.75, 3.05) is 44.7 Å². The zero-order valence-electron chi connectivity index (χ0n) is 18.5. The zero-order valence-corrected chi connectivity index (χ0v) is 18.5. The topological polar surface area (TPSA) is 107 Å². The van der Waals surface area contributed by atoms with E-state index in [1.54, 1.807) is 18.3 Å². The van der Waals surface area contributed by atoms with Crippen molar-refractivity contribution < 1.29 is 19.0 Å². The van der Waals surface area contributed by atoms with Crippen LogP contribution in [0.1, 0.15) is 0 Å². The fourth-order valence-electron chi connectivity index (χ4n) is 4.21. The summed E-state index contributed by atoms with van der Waals surface area (Å²) in [6.07, 6.45) is 1.59. The number of benzene rings is 2. The van der Waals surface area contributed by atoms with Crippen LogP contribution in [0.5, 0.6) is 5.75 Å². The van der Waals surface area contributed by atoms with Crippen molar-refractivity contribution in [3.8, 4) is 28.4 Å². The van der Waals surface area contributed by atoms with Crippen molar-refractivity contribution in [1.82, 2.24) is 25.1 Å². The van der Waals surface area contributed by atoms with Crippen LogP contribution in [0.25, 0.3) is 33.7 Å². The number of halogens is 1. The lowest BCUT2D eigenvalue weighted by atomic mass is 10.1. The van der Waals surface area contributed by atoms with Crippen LogP contribution in [0.15, 0.2) is 48.7 Å². The summed E-state index contributed by atoms with van der Waals surface area (Å²) < 4.78 is 19.9. The third kappa shape index (κ3) is 4.15. The second-order valence-electron chi connectivity index (χ2n) is 8.05. The second kappa shape index (κ2) is 9.06. The number of piperazine rings is 1. The Labute approximate surface area is 194 Å². The molecule has 10 heteroatoms. The smallest absolute Gasteiger partial charge is 0.317 e. The highest BCUT2D eigenvalue weighted by atomic mass is 19.1. The molecule has 1 saturated heterocycles. The number of rotatable bonds is 6. The number of aromatic amines is 1. The third-order valence-corrected chi connectivity index (χ3v) is 5.96. The lowest BCUT2D eigenvalue weighted by Gasteiger charge is -2.35. The maximum absolute atomic E-state index is 14.6. The van der Waals surface area contributed by atoms with Crippen molar-refractivity contribution in [3.63, 3.8) is 0 Å². The van der Waals surface area contributed by atoms with Gasteiger partial charge in [0.1, 0.15) is 28.3 Å². The van der Waals surface area contributed by atoms with E-state index >= 15 is 0 Å². The molecule has 2 aromatic carbocycles. The first-order chi connectivity index (χ1) is 16.5. The number of methoxy groups -OCH3 is 1. The summed E-state index contributed by atoms with van der Waals surface area (Å²) in [4.78, 5) is 24.0. The summed E-state index contributed by atoms with van der Waals surface area (Å²) in [5, 5.41) is 16.3. The van der Waals surface area contributed by atoms with E-state index < -0.39 is 11.8 Å². The minimum atomic E-state index is -0.801. The molecule has 1 fully saturated rings. The molecule has 4 aromatic rings. The molecule has 0 bridgehead atoms. The lowest BCUT2D eigenvalue weighted by Crippen LogP contribution is -2.47. The van der Waals surface area contributed by atoms with Gasteiger partial charge in [0.05, 0.1) is 25.4 Å². The number of aromatic nitrogens is 4. The Hall–Kier alpha value is -4.05. The van der Waals surface area contributed by atoms with E-state index in [1.807, 2.05) is 29.2 Å². The molecule has 1 aliphatic heterocycles. The first-order valence-electron chi connectivity index (χ1n) is 10.9. The summed E-state index contributed by atoms with van der Waals surface area (Å²) >= 11 is 0. The fourth-order valence-corrected chi connectivity index (χ4v) is 4.21. The quantitative estimate of drug-likeness (QED) is 0.450. The number of carboxylic acid groups (broad SMARTS) is 1. The van der Waals surface area contributed by atoms with E-state index in [0.717, 1.165) is 24.3 Å². The molecule has 34 heavy (non-hydrogen) atoms. The van der Waals surface area contributed by atoms with Gasteiger partial charge in [-0.25, -0.2) is 14.4 Å². The summed E-state index contributed by atoms with van der Waals surface area (Å²) in [7, 11) is 1.48. The van der Waals surface area contributed by atoms with Crippen molar-refractivity contribution in [3.05, 3.63) is 54.5 Å². The Morgan fingerprint density at radius 2 is 1.91 bits per heavy atom. The highest BCUT2D eigenvalue weighted by molar-refractivity contribution is 5.90. The van der Waals surface area contributed by atoms with Gasteiger partial charge in [-0.1, -0.05) is 18.2 Å².